The van der Waals surface area contributed by atoms with Gasteiger partial charge in [0.15, 0.2) is 5.82 Å². The Morgan fingerprint density at radius 3 is 2.78 bits per heavy atom. The number of hydrogen-bond donors (Lipinski definition) is 1. The minimum Gasteiger partial charge on any atom is -0.363 e. The maximum absolute atomic E-state index is 12.2. The standard InChI is InChI=1S/C11H16FN5.ClH/c1-9-8-17(6-4-12)15-11(9)13-7-10-3-5-16(2)14-10;/h3,5,8H,4,6-7H2,1-2H3,(H,13,15);1H. The molecule has 5 nitrogen and oxygen atoms in total. The van der Waals surface area contributed by atoms with E-state index >= 15 is 0 Å². The molecule has 0 aliphatic heterocycles. The number of halogens is 2. The van der Waals surface area contributed by atoms with Crippen LogP contribution in [0, 0.1) is 6.92 Å². The van der Waals surface area contributed by atoms with Gasteiger partial charge < -0.3 is 5.32 Å². The van der Waals surface area contributed by atoms with Crippen LogP contribution in [0.15, 0.2) is 18.5 Å². The summed E-state index contributed by atoms with van der Waals surface area (Å²) in [5.41, 5.74) is 1.96. The van der Waals surface area contributed by atoms with Gasteiger partial charge in [0.05, 0.1) is 18.8 Å². The molecule has 2 heterocycles. The Labute approximate surface area is 111 Å². The molecule has 18 heavy (non-hydrogen) atoms. The number of rotatable bonds is 5. The van der Waals surface area contributed by atoms with Crippen molar-refractivity contribution in [2.24, 2.45) is 7.05 Å². The maximum Gasteiger partial charge on any atom is 0.151 e. The minimum absolute atomic E-state index is 0. The quantitative estimate of drug-likeness (QED) is 0.906. The van der Waals surface area contributed by atoms with Crippen LogP contribution in [0.1, 0.15) is 11.3 Å². The molecular formula is C11H17ClFN5. The average Bonchev–Trinajstić information content (AvgIpc) is 2.83. The first-order chi connectivity index (χ1) is 8.19. The molecule has 0 spiro atoms. The van der Waals surface area contributed by atoms with E-state index in [1.54, 1.807) is 9.36 Å². The van der Waals surface area contributed by atoms with Crippen LogP contribution in [0.2, 0.25) is 0 Å². The summed E-state index contributed by atoms with van der Waals surface area (Å²) in [5.74, 6) is 0.782. The molecule has 0 unspecified atom stereocenters. The summed E-state index contributed by atoms with van der Waals surface area (Å²) in [4.78, 5) is 0. The number of anilines is 1. The molecule has 0 aliphatic rings. The van der Waals surface area contributed by atoms with Gasteiger partial charge in [-0.3, -0.25) is 9.36 Å². The van der Waals surface area contributed by atoms with Crippen molar-refractivity contribution in [2.75, 3.05) is 12.0 Å². The van der Waals surface area contributed by atoms with Crippen molar-refractivity contribution in [1.29, 1.82) is 0 Å². The molecule has 7 heteroatoms. The first-order valence-electron chi connectivity index (χ1n) is 5.51. The van der Waals surface area contributed by atoms with E-state index in [9.17, 15) is 4.39 Å². The molecule has 0 bridgehead atoms. The molecule has 0 amide bonds. The second kappa shape index (κ2) is 6.39. The Balaban J connectivity index is 0.00000162. The third-order valence-corrected chi connectivity index (χ3v) is 2.46. The molecule has 0 radical (unpaired) electrons. The highest BCUT2D eigenvalue weighted by molar-refractivity contribution is 5.85. The van der Waals surface area contributed by atoms with Crippen molar-refractivity contribution < 1.29 is 4.39 Å². The van der Waals surface area contributed by atoms with Crippen molar-refractivity contribution in [3.8, 4) is 0 Å². The monoisotopic (exact) mass is 273 g/mol. The Kier molecular flexibility index (Phi) is 5.15. The lowest BCUT2D eigenvalue weighted by atomic mass is 10.3. The minimum atomic E-state index is -0.402. The summed E-state index contributed by atoms with van der Waals surface area (Å²) in [5, 5.41) is 11.7. The van der Waals surface area contributed by atoms with Gasteiger partial charge in [-0.1, -0.05) is 0 Å². The molecule has 2 aromatic heterocycles. The lowest BCUT2D eigenvalue weighted by molar-refractivity contribution is 0.427. The summed E-state index contributed by atoms with van der Waals surface area (Å²) in [6, 6.07) is 1.95. The Bertz CT molecular complexity index is 493. The molecule has 2 aromatic rings. The van der Waals surface area contributed by atoms with Crippen molar-refractivity contribution in [2.45, 2.75) is 20.0 Å². The van der Waals surface area contributed by atoms with Gasteiger partial charge in [-0.15, -0.1) is 12.4 Å². The van der Waals surface area contributed by atoms with Crippen molar-refractivity contribution >= 4 is 18.2 Å². The molecule has 100 valence electrons. The molecule has 0 saturated heterocycles. The van der Waals surface area contributed by atoms with E-state index in [0.29, 0.717) is 13.1 Å². The highest BCUT2D eigenvalue weighted by Gasteiger charge is 2.05. The Morgan fingerprint density at radius 2 is 2.17 bits per heavy atom. The number of hydrogen-bond acceptors (Lipinski definition) is 3. The normalized spacial score (nSPS) is 10.2. The van der Waals surface area contributed by atoms with Gasteiger partial charge in [0.1, 0.15) is 6.67 Å². The van der Waals surface area contributed by atoms with Gasteiger partial charge in [-0.2, -0.15) is 10.2 Å². The summed E-state index contributed by atoms with van der Waals surface area (Å²) in [7, 11) is 1.88. The topological polar surface area (TPSA) is 47.7 Å². The third-order valence-electron chi connectivity index (χ3n) is 2.46. The molecule has 0 saturated carbocycles. The van der Waals surface area contributed by atoms with Crippen LogP contribution < -0.4 is 5.32 Å². The van der Waals surface area contributed by atoms with E-state index in [2.05, 4.69) is 15.5 Å². The maximum atomic E-state index is 12.2. The average molecular weight is 274 g/mol. The number of alkyl halides is 1. The number of nitrogens with zero attached hydrogens (tertiary/aromatic N) is 4. The second-order valence-corrected chi connectivity index (χ2v) is 3.95. The van der Waals surface area contributed by atoms with Crippen LogP contribution in [-0.4, -0.2) is 26.2 Å². The molecule has 2 rings (SSSR count). The predicted molar refractivity (Wildman–Crippen MR) is 70.7 cm³/mol. The SMILES string of the molecule is Cc1cn(CCF)nc1NCc1ccn(C)n1.Cl. The highest BCUT2D eigenvalue weighted by Crippen LogP contribution is 2.12. The zero-order valence-corrected chi connectivity index (χ0v) is 11.2. The van der Waals surface area contributed by atoms with Crippen LogP contribution in [0.5, 0.6) is 0 Å². The van der Waals surface area contributed by atoms with Crippen LogP contribution in [-0.2, 0) is 20.1 Å². The highest BCUT2D eigenvalue weighted by atomic mass is 35.5. The van der Waals surface area contributed by atoms with Gasteiger partial charge in [-0.25, -0.2) is 4.39 Å². The van der Waals surface area contributed by atoms with Crippen LogP contribution in [0.3, 0.4) is 0 Å². The third kappa shape index (κ3) is 3.46. The van der Waals surface area contributed by atoms with E-state index in [0.717, 1.165) is 17.1 Å². The smallest absolute Gasteiger partial charge is 0.151 e. The molecule has 0 aromatic carbocycles. The summed E-state index contributed by atoms with van der Waals surface area (Å²) in [6.45, 7) is 2.46. The van der Waals surface area contributed by atoms with Crippen LogP contribution in [0.25, 0.3) is 0 Å². The lowest BCUT2D eigenvalue weighted by Gasteiger charge is -2.01. The van der Waals surface area contributed by atoms with Gasteiger partial charge >= 0.3 is 0 Å². The molecule has 0 atom stereocenters. The second-order valence-electron chi connectivity index (χ2n) is 3.95. The summed E-state index contributed by atoms with van der Waals surface area (Å²) >= 11 is 0. The fraction of sp³-hybridized carbons (Fsp3) is 0.455. The zero-order chi connectivity index (χ0) is 12.3. The van der Waals surface area contributed by atoms with Gasteiger partial charge in [0.2, 0.25) is 0 Å². The van der Waals surface area contributed by atoms with Crippen molar-refractivity contribution in [3.05, 3.63) is 29.7 Å². The van der Waals surface area contributed by atoms with Gasteiger partial charge in [0, 0.05) is 25.0 Å². The van der Waals surface area contributed by atoms with E-state index < -0.39 is 6.67 Å². The first kappa shape index (κ1) is 14.5. The fourth-order valence-corrected chi connectivity index (χ4v) is 1.63. The van der Waals surface area contributed by atoms with Crippen LogP contribution >= 0.6 is 12.4 Å². The molecular weight excluding hydrogens is 257 g/mol. The van der Waals surface area contributed by atoms with E-state index in [1.807, 2.05) is 32.4 Å². The van der Waals surface area contributed by atoms with Gasteiger partial charge in [0.25, 0.3) is 0 Å². The Hall–Kier alpha value is -1.56. The van der Waals surface area contributed by atoms with Gasteiger partial charge in [-0.05, 0) is 13.0 Å². The van der Waals surface area contributed by atoms with Crippen molar-refractivity contribution in [1.82, 2.24) is 19.6 Å². The van der Waals surface area contributed by atoms with E-state index in [-0.39, 0.29) is 12.4 Å². The largest absolute Gasteiger partial charge is 0.363 e. The fourth-order valence-electron chi connectivity index (χ4n) is 1.63. The van der Waals surface area contributed by atoms with Crippen molar-refractivity contribution in [3.63, 3.8) is 0 Å². The number of aryl methyl sites for hydroxylation is 3. The van der Waals surface area contributed by atoms with Crippen LogP contribution in [0.4, 0.5) is 10.2 Å². The number of aromatic nitrogens is 4. The predicted octanol–water partition coefficient (Wildman–Crippen LogP) is 1.93. The summed E-state index contributed by atoms with van der Waals surface area (Å²) in [6.07, 6.45) is 3.73. The molecule has 1 N–H and O–H groups in total. The zero-order valence-electron chi connectivity index (χ0n) is 10.4. The lowest BCUT2D eigenvalue weighted by Crippen LogP contribution is -2.04. The summed E-state index contributed by atoms with van der Waals surface area (Å²) < 4.78 is 15.5. The first-order valence-corrected chi connectivity index (χ1v) is 5.51. The van der Waals surface area contributed by atoms with E-state index in [1.165, 1.54) is 0 Å². The Morgan fingerprint density at radius 1 is 1.39 bits per heavy atom. The molecule has 0 fully saturated rings. The van der Waals surface area contributed by atoms with E-state index in [4.69, 9.17) is 0 Å². The molecule has 0 aliphatic carbocycles. The number of nitrogens with one attached hydrogen (secondary N) is 1.